The quantitative estimate of drug-likeness (QED) is 0.681. The third-order valence-electron chi connectivity index (χ3n) is 4.00. The van der Waals surface area contributed by atoms with Crippen LogP contribution in [0.1, 0.15) is 19.3 Å². The average molecular weight is 318 g/mol. The zero-order valence-corrected chi connectivity index (χ0v) is 13.0. The SMILES string of the molecule is COC(=O)C1CCCN(CC(=O)NC2CCS(=O)(=O)C2)C1. The number of piperidine rings is 1. The zero-order valence-electron chi connectivity index (χ0n) is 12.2. The molecule has 2 unspecified atom stereocenters. The minimum absolute atomic E-state index is 0.0313. The van der Waals surface area contributed by atoms with Gasteiger partial charge in [0.15, 0.2) is 9.84 Å². The molecule has 1 amide bonds. The van der Waals surface area contributed by atoms with Crippen LogP contribution < -0.4 is 5.32 Å². The monoisotopic (exact) mass is 318 g/mol. The Morgan fingerprint density at radius 2 is 2.10 bits per heavy atom. The first-order valence-electron chi connectivity index (χ1n) is 7.19. The van der Waals surface area contributed by atoms with Gasteiger partial charge in [-0.15, -0.1) is 0 Å². The molecule has 0 aromatic rings. The van der Waals surface area contributed by atoms with Crippen molar-refractivity contribution in [2.75, 3.05) is 38.2 Å². The van der Waals surface area contributed by atoms with Crippen LogP contribution in [0.5, 0.6) is 0 Å². The highest BCUT2D eigenvalue weighted by molar-refractivity contribution is 7.91. The summed E-state index contributed by atoms with van der Waals surface area (Å²) in [4.78, 5) is 25.4. The first-order chi connectivity index (χ1) is 9.89. The molecule has 0 aliphatic carbocycles. The fourth-order valence-electron chi connectivity index (χ4n) is 2.94. The van der Waals surface area contributed by atoms with Crippen LogP contribution in [0.3, 0.4) is 0 Å². The van der Waals surface area contributed by atoms with Crippen molar-refractivity contribution in [2.45, 2.75) is 25.3 Å². The molecule has 0 aromatic heterocycles. The lowest BCUT2D eigenvalue weighted by molar-refractivity contribution is -0.147. The number of hydrogen-bond donors (Lipinski definition) is 1. The molecule has 0 spiro atoms. The van der Waals surface area contributed by atoms with Crippen LogP contribution in [0.2, 0.25) is 0 Å². The van der Waals surface area contributed by atoms with Crippen molar-refractivity contribution in [3.63, 3.8) is 0 Å². The summed E-state index contributed by atoms with van der Waals surface area (Å²) in [5.41, 5.74) is 0. The molecule has 21 heavy (non-hydrogen) atoms. The second-order valence-electron chi connectivity index (χ2n) is 5.76. The molecule has 0 saturated carbocycles. The van der Waals surface area contributed by atoms with Gasteiger partial charge in [-0.2, -0.15) is 0 Å². The first kappa shape index (κ1) is 16.2. The molecule has 8 heteroatoms. The minimum Gasteiger partial charge on any atom is -0.469 e. The first-order valence-corrected chi connectivity index (χ1v) is 9.02. The van der Waals surface area contributed by atoms with Gasteiger partial charge in [0, 0.05) is 12.6 Å². The van der Waals surface area contributed by atoms with E-state index in [1.54, 1.807) is 0 Å². The Hall–Kier alpha value is -1.15. The topological polar surface area (TPSA) is 92.8 Å². The molecule has 2 rings (SSSR count). The van der Waals surface area contributed by atoms with Gasteiger partial charge in [0.05, 0.1) is 31.1 Å². The summed E-state index contributed by atoms with van der Waals surface area (Å²) >= 11 is 0. The lowest BCUT2D eigenvalue weighted by Gasteiger charge is -2.30. The Morgan fingerprint density at radius 3 is 2.71 bits per heavy atom. The Morgan fingerprint density at radius 1 is 1.33 bits per heavy atom. The number of esters is 1. The highest BCUT2D eigenvalue weighted by Crippen LogP contribution is 2.17. The Kier molecular flexibility index (Phi) is 5.21. The maximum absolute atomic E-state index is 12.0. The van der Waals surface area contributed by atoms with E-state index < -0.39 is 9.84 Å². The van der Waals surface area contributed by atoms with Gasteiger partial charge < -0.3 is 10.1 Å². The number of carbonyl (C=O) groups excluding carboxylic acids is 2. The molecule has 7 nitrogen and oxygen atoms in total. The Labute approximate surface area is 124 Å². The van der Waals surface area contributed by atoms with Crippen LogP contribution in [-0.2, 0) is 24.2 Å². The molecule has 2 aliphatic heterocycles. The molecule has 1 N–H and O–H groups in total. The van der Waals surface area contributed by atoms with E-state index in [4.69, 9.17) is 4.74 Å². The molecule has 0 aromatic carbocycles. The number of methoxy groups -OCH3 is 1. The van der Waals surface area contributed by atoms with Crippen molar-refractivity contribution in [3.8, 4) is 0 Å². The third kappa shape index (κ3) is 4.67. The largest absolute Gasteiger partial charge is 0.469 e. The molecule has 2 atom stereocenters. The van der Waals surface area contributed by atoms with E-state index in [0.717, 1.165) is 19.4 Å². The van der Waals surface area contributed by atoms with E-state index in [1.807, 2.05) is 4.90 Å². The molecule has 2 saturated heterocycles. The summed E-state index contributed by atoms with van der Waals surface area (Å²) in [6.07, 6.45) is 2.12. The molecule has 0 radical (unpaired) electrons. The number of sulfone groups is 1. The Bertz CT molecular complexity index is 505. The molecule has 2 fully saturated rings. The lowest BCUT2D eigenvalue weighted by atomic mass is 9.98. The number of ether oxygens (including phenoxy) is 1. The standard InChI is InChI=1S/C13H22N2O5S/c1-20-13(17)10-3-2-5-15(7-10)8-12(16)14-11-4-6-21(18,19)9-11/h10-11H,2-9H2,1H3,(H,14,16). The van der Waals surface area contributed by atoms with Crippen molar-refractivity contribution in [1.29, 1.82) is 0 Å². The predicted molar refractivity (Wildman–Crippen MR) is 76.4 cm³/mol. The van der Waals surface area contributed by atoms with E-state index in [-0.39, 0.29) is 41.9 Å². The second-order valence-corrected chi connectivity index (χ2v) is 7.99. The van der Waals surface area contributed by atoms with Crippen molar-refractivity contribution in [3.05, 3.63) is 0 Å². The van der Waals surface area contributed by atoms with E-state index >= 15 is 0 Å². The smallest absolute Gasteiger partial charge is 0.309 e. The fourth-order valence-corrected chi connectivity index (χ4v) is 4.62. The summed E-state index contributed by atoms with van der Waals surface area (Å²) < 4.78 is 27.4. The molecule has 2 aliphatic rings. The number of hydrogen-bond acceptors (Lipinski definition) is 6. The normalized spacial score (nSPS) is 29.0. The molecular weight excluding hydrogens is 296 g/mol. The van der Waals surface area contributed by atoms with Crippen LogP contribution in [-0.4, -0.2) is 69.5 Å². The van der Waals surface area contributed by atoms with E-state index in [9.17, 15) is 18.0 Å². The minimum atomic E-state index is -2.99. The van der Waals surface area contributed by atoms with Crippen molar-refractivity contribution >= 4 is 21.7 Å². The number of nitrogens with one attached hydrogen (secondary N) is 1. The summed E-state index contributed by atoms with van der Waals surface area (Å²) in [6, 6.07) is -0.274. The van der Waals surface area contributed by atoms with Crippen LogP contribution in [0.15, 0.2) is 0 Å². The predicted octanol–water partition coefficient (Wildman–Crippen LogP) is -0.825. The van der Waals surface area contributed by atoms with Gasteiger partial charge in [-0.3, -0.25) is 14.5 Å². The fraction of sp³-hybridized carbons (Fsp3) is 0.846. The van der Waals surface area contributed by atoms with Crippen LogP contribution in [0.25, 0.3) is 0 Å². The molecular formula is C13H22N2O5S. The van der Waals surface area contributed by atoms with Gasteiger partial charge in [-0.1, -0.05) is 0 Å². The summed E-state index contributed by atoms with van der Waals surface area (Å²) in [7, 11) is -1.62. The van der Waals surface area contributed by atoms with Crippen LogP contribution >= 0.6 is 0 Å². The van der Waals surface area contributed by atoms with Gasteiger partial charge in [0.25, 0.3) is 0 Å². The average Bonchev–Trinajstić information content (AvgIpc) is 2.77. The third-order valence-corrected chi connectivity index (χ3v) is 5.77. The maximum atomic E-state index is 12.0. The highest BCUT2D eigenvalue weighted by Gasteiger charge is 2.31. The van der Waals surface area contributed by atoms with Gasteiger partial charge >= 0.3 is 5.97 Å². The van der Waals surface area contributed by atoms with Crippen molar-refractivity contribution in [2.24, 2.45) is 5.92 Å². The van der Waals surface area contributed by atoms with E-state index in [1.165, 1.54) is 7.11 Å². The number of nitrogens with zero attached hydrogens (tertiary/aromatic N) is 1. The Balaban J connectivity index is 1.78. The summed E-state index contributed by atoms with van der Waals surface area (Å²) in [5, 5.41) is 2.76. The van der Waals surface area contributed by atoms with Gasteiger partial charge in [-0.05, 0) is 25.8 Å². The molecule has 120 valence electrons. The van der Waals surface area contributed by atoms with E-state index in [2.05, 4.69) is 5.32 Å². The van der Waals surface area contributed by atoms with Gasteiger partial charge in [-0.25, -0.2) is 8.42 Å². The maximum Gasteiger partial charge on any atom is 0.309 e. The van der Waals surface area contributed by atoms with Crippen LogP contribution in [0.4, 0.5) is 0 Å². The number of likely N-dealkylation sites (tertiary alicyclic amines) is 1. The summed E-state index contributed by atoms with van der Waals surface area (Å²) in [5.74, 6) is -0.414. The number of carbonyl (C=O) groups is 2. The molecule has 0 bridgehead atoms. The van der Waals surface area contributed by atoms with Crippen LogP contribution in [0, 0.1) is 5.92 Å². The van der Waals surface area contributed by atoms with Gasteiger partial charge in [0.2, 0.25) is 5.91 Å². The highest BCUT2D eigenvalue weighted by atomic mass is 32.2. The van der Waals surface area contributed by atoms with Gasteiger partial charge in [0.1, 0.15) is 0 Å². The second kappa shape index (κ2) is 6.74. The number of rotatable bonds is 4. The molecule has 2 heterocycles. The number of amides is 1. The van der Waals surface area contributed by atoms with Crippen molar-refractivity contribution in [1.82, 2.24) is 10.2 Å². The lowest BCUT2D eigenvalue weighted by Crippen LogP contribution is -2.46. The summed E-state index contributed by atoms with van der Waals surface area (Å²) in [6.45, 7) is 1.48. The van der Waals surface area contributed by atoms with Crippen molar-refractivity contribution < 1.29 is 22.7 Å². The zero-order chi connectivity index (χ0) is 15.5. The van der Waals surface area contributed by atoms with E-state index in [0.29, 0.717) is 13.0 Å².